The molecule has 0 radical (unpaired) electrons. The molecule has 10 heteroatoms. The molecule has 282 valence electrons. The van der Waals surface area contributed by atoms with E-state index in [2.05, 4.69) is 24.0 Å². The lowest BCUT2D eigenvalue weighted by atomic mass is 9.50. The molecule has 2 bridgehead atoms. The highest BCUT2D eigenvalue weighted by molar-refractivity contribution is 5.83. The van der Waals surface area contributed by atoms with Crippen LogP contribution >= 0.6 is 0 Å². The van der Waals surface area contributed by atoms with E-state index < -0.39 is 47.2 Å². The smallest absolute Gasteiger partial charge is 0.352 e. The molecule has 2 unspecified atom stereocenters. The summed E-state index contributed by atoms with van der Waals surface area (Å²) in [7, 11) is 2.00. The van der Waals surface area contributed by atoms with Crippen molar-refractivity contribution in [2.45, 2.75) is 165 Å². The summed E-state index contributed by atoms with van der Waals surface area (Å²) in [6, 6.07) is 3.31. The number of ether oxygens (including phenoxy) is 4. The van der Waals surface area contributed by atoms with E-state index in [0.29, 0.717) is 31.6 Å². The predicted molar refractivity (Wildman–Crippen MR) is 193 cm³/mol. The summed E-state index contributed by atoms with van der Waals surface area (Å²) in [6.07, 6.45) is 19.7. The molecule has 2 heterocycles. The molecule has 0 aromatic heterocycles. The number of likely N-dealkylation sites (tertiary alicyclic amines) is 1. The normalized spacial score (nSPS) is 25.8. The van der Waals surface area contributed by atoms with Gasteiger partial charge in [-0.3, -0.25) is 4.79 Å². The van der Waals surface area contributed by atoms with Crippen molar-refractivity contribution in [3.8, 4) is 11.5 Å². The number of hydrogen-bond donors (Lipinski definition) is 2. The Morgan fingerprint density at radius 3 is 2.29 bits per heavy atom. The monoisotopic (exact) mass is 709 g/mol. The van der Waals surface area contributed by atoms with E-state index in [1.165, 1.54) is 58.8 Å². The van der Waals surface area contributed by atoms with Crippen molar-refractivity contribution in [3.05, 3.63) is 47.2 Å². The molecule has 1 aromatic rings. The maximum Gasteiger partial charge on any atom is 0.352 e. The number of hydrogen-bond acceptors (Lipinski definition) is 10. The predicted octanol–water partition coefficient (Wildman–Crippen LogP) is 7.11. The number of nitrogens with zero attached hydrogens (tertiary/aromatic N) is 1. The molecule has 1 fully saturated rings. The van der Waals surface area contributed by atoms with E-state index in [1.807, 2.05) is 13.1 Å². The highest BCUT2D eigenvalue weighted by Gasteiger charge is 2.72. The van der Waals surface area contributed by atoms with Gasteiger partial charge in [-0.2, -0.15) is 0 Å². The van der Waals surface area contributed by atoms with Gasteiger partial charge in [-0.1, -0.05) is 76.5 Å². The van der Waals surface area contributed by atoms with Gasteiger partial charge in [-0.25, -0.2) is 9.59 Å². The topological polar surface area (TPSA) is 132 Å². The number of phenols is 1. The molecule has 1 saturated heterocycles. The minimum atomic E-state index is -1.28. The molecule has 1 spiro atoms. The third-order valence-corrected chi connectivity index (χ3v) is 11.5. The molecule has 5 rings (SSSR count). The third-order valence-electron chi connectivity index (χ3n) is 11.5. The molecule has 51 heavy (non-hydrogen) atoms. The lowest BCUT2D eigenvalue weighted by molar-refractivity contribution is -0.180. The summed E-state index contributed by atoms with van der Waals surface area (Å²) in [4.78, 5) is 40.5. The van der Waals surface area contributed by atoms with Crippen LogP contribution < -0.4 is 4.74 Å². The molecule has 10 nitrogen and oxygen atoms in total. The summed E-state index contributed by atoms with van der Waals surface area (Å²) in [5.74, 6) is -1.61. The number of phenolic OH excluding ortho intramolecular Hbond substituents is 1. The van der Waals surface area contributed by atoms with E-state index in [0.717, 1.165) is 43.2 Å². The summed E-state index contributed by atoms with van der Waals surface area (Å²) < 4.78 is 22.8. The van der Waals surface area contributed by atoms with Crippen LogP contribution in [0.4, 0.5) is 0 Å². The number of likely N-dealkylation sites (N-methyl/N-ethyl adjacent to an activating group) is 1. The summed E-state index contributed by atoms with van der Waals surface area (Å²) in [5.41, 5.74) is -0.295. The number of unbranched alkanes of at least 4 members (excludes halogenated alkanes) is 11. The Balaban J connectivity index is 1.01. The third kappa shape index (κ3) is 8.32. The van der Waals surface area contributed by atoms with Crippen molar-refractivity contribution in [1.29, 1.82) is 0 Å². The van der Waals surface area contributed by atoms with Crippen LogP contribution in [0.1, 0.15) is 135 Å². The van der Waals surface area contributed by atoms with E-state index in [1.54, 1.807) is 12.1 Å². The summed E-state index contributed by atoms with van der Waals surface area (Å²) in [6.45, 7) is 5.77. The number of aliphatic hydroxyl groups is 1. The van der Waals surface area contributed by atoms with Gasteiger partial charge in [0.15, 0.2) is 29.8 Å². The number of esters is 3. The second-order valence-electron chi connectivity index (χ2n) is 15.1. The average molecular weight is 710 g/mol. The molecule has 0 amide bonds. The fraction of sp³-hybridized carbons (Fsp3) is 0.683. The lowest BCUT2D eigenvalue weighted by Gasteiger charge is -2.61. The number of rotatable bonds is 20. The number of aromatic hydroxyl groups is 1. The van der Waals surface area contributed by atoms with Crippen LogP contribution in [0, 0.1) is 0 Å². The Morgan fingerprint density at radius 2 is 1.59 bits per heavy atom. The minimum absolute atomic E-state index is 0.0222. The Kier molecular flexibility index (Phi) is 13.3. The van der Waals surface area contributed by atoms with Crippen molar-refractivity contribution in [3.63, 3.8) is 0 Å². The van der Waals surface area contributed by atoms with Crippen LogP contribution in [-0.4, -0.2) is 76.6 Å². The Bertz CT molecular complexity index is 1450. The maximum atomic E-state index is 13.2. The highest BCUT2D eigenvalue weighted by Crippen LogP contribution is 2.65. The Labute approximate surface area is 303 Å². The van der Waals surface area contributed by atoms with Gasteiger partial charge in [0.1, 0.15) is 5.76 Å². The second kappa shape index (κ2) is 17.4. The van der Waals surface area contributed by atoms with Gasteiger partial charge in [0.2, 0.25) is 0 Å². The van der Waals surface area contributed by atoms with E-state index in [9.17, 15) is 24.6 Å². The standard InChI is InChI=1S/C41H59NO9/c1-5-6-7-8-9-10-11-12-13-14-15-16-17-18-19-20-34(44)48-28(2)38(45)49-29(3)39(46)50-32-23-24-41(47)33-27-30-21-22-31(43)36-35(30)40(41,37(32)51-36)25-26-42(33)4/h12-13,21-23,28-29,33,37,43,47H,5-11,14-20,24-27H2,1-4H3/b13-12-/t28-,29+,33-,37?,40?,41-/m1/s1. The molecule has 1 aromatic carbocycles. The number of carbonyl (C=O) groups is 3. The molecule has 2 aliphatic heterocycles. The second-order valence-corrected chi connectivity index (χ2v) is 15.1. The van der Waals surface area contributed by atoms with Gasteiger partial charge in [0, 0.05) is 24.4 Å². The SMILES string of the molecule is CCCCCCCC/C=C\CCCCCCCC(=O)O[C@H](C)C(=O)O[C@@H](C)C(=O)OC1=CC[C@@]2(O)[C@H]3Cc4ccc(O)c5c4C2(CCN3C)C1O5. The largest absolute Gasteiger partial charge is 0.504 e. The van der Waals surface area contributed by atoms with E-state index >= 15 is 0 Å². The summed E-state index contributed by atoms with van der Waals surface area (Å²) >= 11 is 0. The van der Waals surface area contributed by atoms with Gasteiger partial charge in [0.25, 0.3) is 0 Å². The zero-order valence-electron chi connectivity index (χ0n) is 31.1. The zero-order valence-corrected chi connectivity index (χ0v) is 31.1. The highest BCUT2D eigenvalue weighted by atomic mass is 16.6. The molecule has 2 N–H and O–H groups in total. The van der Waals surface area contributed by atoms with E-state index in [4.69, 9.17) is 18.9 Å². The zero-order chi connectivity index (χ0) is 36.6. The Hall–Kier alpha value is -3.37. The Morgan fingerprint density at radius 1 is 0.941 bits per heavy atom. The van der Waals surface area contributed by atoms with Crippen molar-refractivity contribution in [1.82, 2.24) is 4.90 Å². The lowest BCUT2D eigenvalue weighted by Crippen LogP contribution is -2.74. The number of allylic oxidation sites excluding steroid dienone is 2. The van der Waals surface area contributed by atoms with Gasteiger partial charge in [-0.05, 0) is 90.1 Å². The van der Waals surface area contributed by atoms with Crippen molar-refractivity contribution < 1.29 is 43.5 Å². The van der Waals surface area contributed by atoms with Crippen LogP contribution in [0.25, 0.3) is 0 Å². The first kappa shape index (κ1) is 38.9. The van der Waals surface area contributed by atoms with Gasteiger partial charge < -0.3 is 34.1 Å². The molecule has 2 aliphatic carbocycles. The number of piperidine rings is 1. The first-order chi connectivity index (χ1) is 24.5. The van der Waals surface area contributed by atoms with E-state index in [-0.39, 0.29) is 30.4 Å². The van der Waals surface area contributed by atoms with Crippen molar-refractivity contribution in [2.24, 2.45) is 0 Å². The molecular formula is C41H59NO9. The van der Waals surface area contributed by atoms with Crippen LogP contribution in [0.2, 0.25) is 0 Å². The quantitative estimate of drug-likeness (QED) is 0.0625. The molecule has 4 aliphatic rings. The molecule has 6 atom stereocenters. The number of benzene rings is 1. The van der Waals surface area contributed by atoms with Crippen molar-refractivity contribution >= 4 is 17.9 Å². The van der Waals surface area contributed by atoms with Gasteiger partial charge in [0.05, 0.1) is 11.0 Å². The first-order valence-electron chi connectivity index (χ1n) is 19.4. The van der Waals surface area contributed by atoms with Crippen LogP contribution in [-0.2, 0) is 40.4 Å². The average Bonchev–Trinajstić information content (AvgIpc) is 3.46. The minimum Gasteiger partial charge on any atom is -0.504 e. The van der Waals surface area contributed by atoms with Crippen LogP contribution in [0.15, 0.2) is 36.1 Å². The van der Waals surface area contributed by atoms with Crippen LogP contribution in [0.5, 0.6) is 11.5 Å². The molecule has 0 saturated carbocycles. The summed E-state index contributed by atoms with van der Waals surface area (Å²) in [5, 5.41) is 23.0. The molecular weight excluding hydrogens is 650 g/mol. The maximum absolute atomic E-state index is 13.2. The fourth-order valence-corrected chi connectivity index (χ4v) is 8.60. The van der Waals surface area contributed by atoms with Gasteiger partial charge >= 0.3 is 17.9 Å². The first-order valence-corrected chi connectivity index (χ1v) is 19.4. The fourth-order valence-electron chi connectivity index (χ4n) is 8.60. The van der Waals surface area contributed by atoms with Gasteiger partial charge in [-0.15, -0.1) is 0 Å². The van der Waals surface area contributed by atoms with Crippen molar-refractivity contribution in [2.75, 3.05) is 13.6 Å². The van der Waals surface area contributed by atoms with Crippen LogP contribution in [0.3, 0.4) is 0 Å². The number of carbonyl (C=O) groups excluding carboxylic acids is 3.